The number of rotatable bonds is 9. The van der Waals surface area contributed by atoms with Crippen LogP contribution in [0.15, 0.2) is 54.7 Å². The van der Waals surface area contributed by atoms with Crippen LogP contribution in [0.1, 0.15) is 30.2 Å². The fraction of sp³-hybridized carbons (Fsp3) is 0.308. The van der Waals surface area contributed by atoms with Crippen molar-refractivity contribution in [2.24, 2.45) is 7.05 Å². The van der Waals surface area contributed by atoms with Gasteiger partial charge in [-0.2, -0.15) is 18.3 Å². The molecule has 0 unspecified atom stereocenters. The van der Waals surface area contributed by atoms with Gasteiger partial charge in [0.25, 0.3) is 0 Å². The lowest BCUT2D eigenvalue weighted by Gasteiger charge is -2.07. The Morgan fingerprint density at radius 3 is 2.60 bits per heavy atom. The number of carbonyl (C=O) groups excluding carboxylic acids is 1. The minimum absolute atomic E-state index is 0.215. The van der Waals surface area contributed by atoms with Gasteiger partial charge in [0, 0.05) is 41.5 Å². The Hall–Kier alpha value is -3.75. The maximum absolute atomic E-state index is 12.8. The van der Waals surface area contributed by atoms with E-state index in [0.29, 0.717) is 30.9 Å². The normalized spacial score (nSPS) is 11.7. The van der Waals surface area contributed by atoms with Crippen molar-refractivity contribution in [3.8, 4) is 17.0 Å². The molecule has 184 valence electrons. The molecule has 0 radical (unpaired) electrons. The molecule has 9 heteroatoms. The van der Waals surface area contributed by atoms with Gasteiger partial charge in [0.1, 0.15) is 5.75 Å². The third kappa shape index (κ3) is 5.85. The summed E-state index contributed by atoms with van der Waals surface area (Å²) in [4.78, 5) is 14.9. The van der Waals surface area contributed by atoms with Crippen LogP contribution in [-0.2, 0) is 35.6 Å². The molecule has 0 amide bonds. The standard InChI is InChI=1S/C26H26F3N3O3/c1-3-34-25(33)13-18-16-30-24-15-21(10-11-22(18)24)35-12-4-5-20-14-23(31-32(20)2)17-6-8-19(9-7-17)26(27,28)29/h6-11,14-16,30H,3-5,12-13H2,1-2H3. The lowest BCUT2D eigenvalue weighted by atomic mass is 10.1. The number of hydrogen-bond acceptors (Lipinski definition) is 4. The van der Waals surface area contributed by atoms with Crippen LogP contribution in [-0.4, -0.2) is 33.9 Å². The first-order chi connectivity index (χ1) is 16.7. The van der Waals surface area contributed by atoms with Gasteiger partial charge in [-0.3, -0.25) is 9.48 Å². The van der Waals surface area contributed by atoms with E-state index >= 15 is 0 Å². The molecule has 0 spiro atoms. The van der Waals surface area contributed by atoms with E-state index in [1.165, 1.54) is 12.1 Å². The number of aromatic amines is 1. The monoisotopic (exact) mass is 485 g/mol. The van der Waals surface area contributed by atoms with Gasteiger partial charge in [0.05, 0.1) is 30.9 Å². The first-order valence-electron chi connectivity index (χ1n) is 11.3. The smallest absolute Gasteiger partial charge is 0.416 e. The summed E-state index contributed by atoms with van der Waals surface area (Å²) in [5.41, 5.74) is 3.32. The number of hydrogen-bond donors (Lipinski definition) is 1. The van der Waals surface area contributed by atoms with Crippen LogP contribution in [0.4, 0.5) is 13.2 Å². The number of nitrogens with one attached hydrogen (secondary N) is 1. The van der Waals surface area contributed by atoms with Crippen molar-refractivity contribution in [2.75, 3.05) is 13.2 Å². The van der Waals surface area contributed by atoms with Crippen LogP contribution in [0.2, 0.25) is 0 Å². The lowest BCUT2D eigenvalue weighted by molar-refractivity contribution is -0.142. The molecule has 2 aromatic carbocycles. The zero-order chi connectivity index (χ0) is 25.0. The number of H-pyrrole nitrogens is 1. The second-order valence-corrected chi connectivity index (χ2v) is 8.17. The molecule has 4 aromatic rings. The van der Waals surface area contributed by atoms with Crippen molar-refractivity contribution in [2.45, 2.75) is 32.4 Å². The fourth-order valence-corrected chi connectivity index (χ4v) is 3.92. The number of fused-ring (bicyclic) bond motifs is 1. The van der Waals surface area contributed by atoms with Gasteiger partial charge in [0.2, 0.25) is 0 Å². The van der Waals surface area contributed by atoms with Gasteiger partial charge in [0.15, 0.2) is 0 Å². The number of ether oxygens (including phenoxy) is 2. The first-order valence-corrected chi connectivity index (χ1v) is 11.3. The maximum atomic E-state index is 12.8. The van der Waals surface area contributed by atoms with Crippen molar-refractivity contribution in [3.63, 3.8) is 0 Å². The molecule has 6 nitrogen and oxygen atoms in total. The molecule has 2 heterocycles. The third-order valence-electron chi connectivity index (χ3n) is 5.71. The Labute approximate surface area is 200 Å². The number of benzene rings is 2. The topological polar surface area (TPSA) is 69.1 Å². The summed E-state index contributed by atoms with van der Waals surface area (Å²) in [7, 11) is 1.82. The molecule has 0 aliphatic rings. The Balaban J connectivity index is 1.32. The summed E-state index contributed by atoms with van der Waals surface area (Å²) in [5, 5.41) is 5.39. The molecule has 0 saturated heterocycles. The molecule has 0 aliphatic heterocycles. The third-order valence-corrected chi connectivity index (χ3v) is 5.71. The number of aromatic nitrogens is 3. The second-order valence-electron chi connectivity index (χ2n) is 8.17. The van der Waals surface area contributed by atoms with Gasteiger partial charge in [-0.15, -0.1) is 0 Å². The van der Waals surface area contributed by atoms with Gasteiger partial charge in [-0.05, 0) is 55.7 Å². The second kappa shape index (κ2) is 10.2. The van der Waals surface area contributed by atoms with Crippen LogP contribution in [0.3, 0.4) is 0 Å². The molecular formula is C26H26F3N3O3. The van der Waals surface area contributed by atoms with Crippen LogP contribution in [0.25, 0.3) is 22.2 Å². The summed E-state index contributed by atoms with van der Waals surface area (Å²) >= 11 is 0. The molecular weight excluding hydrogens is 459 g/mol. The summed E-state index contributed by atoms with van der Waals surface area (Å²) < 4.78 is 51.0. The Morgan fingerprint density at radius 1 is 1.11 bits per heavy atom. The maximum Gasteiger partial charge on any atom is 0.416 e. The van der Waals surface area contributed by atoms with E-state index < -0.39 is 11.7 Å². The Kier molecular flexibility index (Phi) is 7.14. The van der Waals surface area contributed by atoms with Crippen molar-refractivity contribution in [1.82, 2.24) is 14.8 Å². The highest BCUT2D eigenvalue weighted by Crippen LogP contribution is 2.31. The van der Waals surface area contributed by atoms with E-state index in [1.54, 1.807) is 11.6 Å². The predicted octanol–water partition coefficient (Wildman–Crippen LogP) is 5.70. The summed E-state index contributed by atoms with van der Waals surface area (Å²) in [6.45, 7) is 2.63. The van der Waals surface area contributed by atoms with E-state index in [2.05, 4.69) is 10.1 Å². The largest absolute Gasteiger partial charge is 0.494 e. The van der Waals surface area contributed by atoms with Crippen LogP contribution in [0, 0.1) is 0 Å². The highest BCUT2D eigenvalue weighted by molar-refractivity contribution is 5.88. The van der Waals surface area contributed by atoms with Crippen LogP contribution in [0.5, 0.6) is 5.75 Å². The molecule has 0 atom stereocenters. The van der Waals surface area contributed by atoms with E-state index in [4.69, 9.17) is 9.47 Å². The number of halogens is 3. The quantitative estimate of drug-likeness (QED) is 0.244. The molecule has 35 heavy (non-hydrogen) atoms. The molecule has 0 saturated carbocycles. The SMILES string of the molecule is CCOC(=O)Cc1c[nH]c2cc(OCCCc3cc(-c4ccc(C(F)(F)F)cc4)nn3C)ccc12. The van der Waals surface area contributed by atoms with Crippen molar-refractivity contribution < 1.29 is 27.4 Å². The number of nitrogens with zero attached hydrogens (tertiary/aromatic N) is 2. The highest BCUT2D eigenvalue weighted by atomic mass is 19.4. The Morgan fingerprint density at radius 2 is 1.89 bits per heavy atom. The van der Waals surface area contributed by atoms with Crippen LogP contribution < -0.4 is 4.74 Å². The molecule has 0 aliphatic carbocycles. The summed E-state index contributed by atoms with van der Waals surface area (Å²) in [6, 6.07) is 12.6. The van der Waals surface area contributed by atoms with E-state index in [9.17, 15) is 18.0 Å². The van der Waals surface area contributed by atoms with Gasteiger partial charge in [-0.1, -0.05) is 12.1 Å². The first kappa shape index (κ1) is 24.4. The average Bonchev–Trinajstić information content (AvgIpc) is 3.39. The fourth-order valence-electron chi connectivity index (χ4n) is 3.92. The van der Waals surface area contributed by atoms with Crippen molar-refractivity contribution in [1.29, 1.82) is 0 Å². The van der Waals surface area contributed by atoms with Crippen molar-refractivity contribution in [3.05, 3.63) is 71.5 Å². The highest BCUT2D eigenvalue weighted by Gasteiger charge is 2.30. The number of aryl methyl sites for hydroxylation is 2. The minimum Gasteiger partial charge on any atom is -0.494 e. The van der Waals surface area contributed by atoms with E-state index in [1.807, 2.05) is 37.5 Å². The minimum atomic E-state index is -4.36. The predicted molar refractivity (Wildman–Crippen MR) is 126 cm³/mol. The van der Waals surface area contributed by atoms with Crippen LogP contribution >= 0.6 is 0 Å². The van der Waals surface area contributed by atoms with Gasteiger partial charge in [-0.25, -0.2) is 0 Å². The van der Waals surface area contributed by atoms with Crippen molar-refractivity contribution >= 4 is 16.9 Å². The number of esters is 1. The van der Waals surface area contributed by atoms with Gasteiger partial charge < -0.3 is 14.5 Å². The lowest BCUT2D eigenvalue weighted by Crippen LogP contribution is -2.06. The van der Waals surface area contributed by atoms with Gasteiger partial charge >= 0.3 is 12.1 Å². The average molecular weight is 486 g/mol. The molecule has 0 bridgehead atoms. The molecule has 1 N–H and O–H groups in total. The summed E-state index contributed by atoms with van der Waals surface area (Å²) in [6.07, 6.45) is -0.888. The Bertz CT molecular complexity index is 1310. The molecule has 2 aromatic heterocycles. The molecule has 0 fully saturated rings. The number of carbonyl (C=O) groups is 1. The zero-order valence-electron chi connectivity index (χ0n) is 19.5. The van der Waals surface area contributed by atoms with E-state index in [-0.39, 0.29) is 12.4 Å². The van der Waals surface area contributed by atoms with E-state index in [0.717, 1.165) is 46.5 Å². The zero-order valence-corrected chi connectivity index (χ0v) is 19.5. The summed E-state index contributed by atoms with van der Waals surface area (Å²) in [5.74, 6) is 0.461. The molecule has 4 rings (SSSR count). The number of alkyl halides is 3.